The number of hydrogen-bond donors (Lipinski definition) is 0. The summed E-state index contributed by atoms with van der Waals surface area (Å²) in [5.41, 5.74) is 0. The van der Waals surface area contributed by atoms with Gasteiger partial charge in [0.15, 0.2) is 6.10 Å². The van der Waals surface area contributed by atoms with Crippen LogP contribution in [0.25, 0.3) is 0 Å². The Morgan fingerprint density at radius 3 is 0.836 bits per heavy atom. The summed E-state index contributed by atoms with van der Waals surface area (Å²) in [6.45, 7) is 6.56. The van der Waals surface area contributed by atoms with Crippen LogP contribution >= 0.6 is 0 Å². The topological polar surface area (TPSA) is 78.9 Å². The van der Waals surface area contributed by atoms with Gasteiger partial charge in [0.05, 0.1) is 0 Å². The van der Waals surface area contributed by atoms with E-state index in [2.05, 4.69) is 69.4 Å². The molecular weight excluding hydrogens is 901 g/mol. The first kappa shape index (κ1) is 70.4. The molecule has 0 aliphatic rings. The van der Waals surface area contributed by atoms with Crippen LogP contribution in [-0.4, -0.2) is 37.2 Å². The van der Waals surface area contributed by atoms with E-state index in [-0.39, 0.29) is 31.1 Å². The van der Waals surface area contributed by atoms with Crippen molar-refractivity contribution in [3.05, 3.63) is 48.6 Å². The molecule has 426 valence electrons. The first-order valence-electron chi connectivity index (χ1n) is 32.1. The summed E-state index contributed by atoms with van der Waals surface area (Å²) < 4.78 is 16.9. The van der Waals surface area contributed by atoms with E-state index in [9.17, 15) is 14.4 Å². The molecule has 0 saturated carbocycles. The van der Waals surface area contributed by atoms with Crippen LogP contribution in [-0.2, 0) is 28.6 Å². The number of esters is 3. The molecule has 0 rings (SSSR count). The average Bonchev–Trinajstić information content (AvgIpc) is 3.39. The fraction of sp³-hybridized carbons (Fsp3) is 0.836. The molecule has 0 aromatic carbocycles. The van der Waals surface area contributed by atoms with Gasteiger partial charge in [0.1, 0.15) is 13.2 Å². The molecule has 0 aliphatic heterocycles. The highest BCUT2D eigenvalue weighted by atomic mass is 16.6. The minimum absolute atomic E-state index is 0.0786. The van der Waals surface area contributed by atoms with Crippen LogP contribution in [0.15, 0.2) is 48.6 Å². The van der Waals surface area contributed by atoms with Gasteiger partial charge >= 0.3 is 17.9 Å². The number of ether oxygens (including phenoxy) is 3. The van der Waals surface area contributed by atoms with E-state index < -0.39 is 6.10 Å². The Morgan fingerprint density at radius 1 is 0.288 bits per heavy atom. The second kappa shape index (κ2) is 61.9. The molecule has 1 atom stereocenters. The van der Waals surface area contributed by atoms with Crippen LogP contribution in [0.2, 0.25) is 0 Å². The molecule has 0 saturated heterocycles. The molecular formula is C67H122O6. The predicted octanol–water partition coefficient (Wildman–Crippen LogP) is 21.8. The highest BCUT2D eigenvalue weighted by molar-refractivity contribution is 5.71. The first-order valence-corrected chi connectivity index (χ1v) is 32.1. The number of carbonyl (C=O) groups is 3. The Kier molecular flexibility index (Phi) is 59.7. The van der Waals surface area contributed by atoms with Gasteiger partial charge in [0.25, 0.3) is 0 Å². The minimum atomic E-state index is -0.783. The lowest BCUT2D eigenvalue weighted by Crippen LogP contribution is -2.30. The molecule has 1 unspecified atom stereocenters. The summed E-state index contributed by atoms with van der Waals surface area (Å²) in [5.74, 6) is -0.882. The van der Waals surface area contributed by atoms with Crippen molar-refractivity contribution < 1.29 is 28.6 Å². The highest BCUT2D eigenvalue weighted by Gasteiger charge is 2.19. The summed E-state index contributed by atoms with van der Waals surface area (Å²) in [7, 11) is 0. The standard InChI is InChI=1S/C67H122O6/c1-4-7-10-13-16-19-22-25-27-29-30-31-32-33-34-35-36-37-39-40-42-45-48-51-54-57-60-66(69)72-63-64(62-71-65(68)59-56-53-50-47-44-24-21-18-15-12-9-6-3)73-67(70)61-58-55-52-49-46-43-41-38-28-26-23-20-17-14-11-8-5-2/h8,11,17,20,26,28,41,43,64H,4-7,9-10,12-16,18-19,21-25,27,29-40,42,44-63H2,1-3H3/b11-8-,20-17-,28-26-,43-41-. The van der Waals surface area contributed by atoms with E-state index in [0.717, 1.165) is 96.3 Å². The van der Waals surface area contributed by atoms with E-state index >= 15 is 0 Å². The van der Waals surface area contributed by atoms with Crippen molar-refractivity contribution in [2.45, 2.75) is 348 Å². The Morgan fingerprint density at radius 2 is 0.534 bits per heavy atom. The molecule has 73 heavy (non-hydrogen) atoms. The summed E-state index contributed by atoms with van der Waals surface area (Å²) in [6, 6.07) is 0. The second-order valence-corrected chi connectivity index (χ2v) is 21.7. The van der Waals surface area contributed by atoms with Gasteiger partial charge in [-0.3, -0.25) is 14.4 Å². The van der Waals surface area contributed by atoms with Crippen LogP contribution in [0.5, 0.6) is 0 Å². The van der Waals surface area contributed by atoms with Crippen molar-refractivity contribution in [2.24, 2.45) is 0 Å². The zero-order valence-corrected chi connectivity index (χ0v) is 48.9. The molecule has 0 aromatic rings. The quantitative estimate of drug-likeness (QED) is 0.0261. The minimum Gasteiger partial charge on any atom is -0.462 e. The molecule has 0 radical (unpaired) electrons. The number of rotatable bonds is 59. The van der Waals surface area contributed by atoms with Gasteiger partial charge in [0, 0.05) is 19.3 Å². The van der Waals surface area contributed by atoms with Crippen molar-refractivity contribution >= 4 is 17.9 Å². The lowest BCUT2D eigenvalue weighted by Gasteiger charge is -2.18. The number of unbranched alkanes of at least 4 members (excludes halogenated alkanes) is 40. The van der Waals surface area contributed by atoms with Gasteiger partial charge in [-0.25, -0.2) is 0 Å². The number of allylic oxidation sites excluding steroid dienone is 8. The summed E-state index contributed by atoms with van der Waals surface area (Å²) in [5, 5.41) is 0. The summed E-state index contributed by atoms with van der Waals surface area (Å²) >= 11 is 0. The second-order valence-electron chi connectivity index (χ2n) is 21.7. The molecule has 0 fully saturated rings. The maximum atomic E-state index is 12.9. The summed E-state index contributed by atoms with van der Waals surface area (Å²) in [6.07, 6.45) is 77.0. The van der Waals surface area contributed by atoms with E-state index in [1.54, 1.807) is 0 Å². The van der Waals surface area contributed by atoms with E-state index in [4.69, 9.17) is 14.2 Å². The van der Waals surface area contributed by atoms with Crippen LogP contribution in [0, 0.1) is 0 Å². The van der Waals surface area contributed by atoms with Crippen LogP contribution < -0.4 is 0 Å². The smallest absolute Gasteiger partial charge is 0.306 e. The third-order valence-electron chi connectivity index (χ3n) is 14.3. The van der Waals surface area contributed by atoms with Crippen LogP contribution in [0.3, 0.4) is 0 Å². The van der Waals surface area contributed by atoms with Crippen molar-refractivity contribution in [3.63, 3.8) is 0 Å². The predicted molar refractivity (Wildman–Crippen MR) is 316 cm³/mol. The normalized spacial score (nSPS) is 12.3. The fourth-order valence-electron chi connectivity index (χ4n) is 9.56. The average molecular weight is 1020 g/mol. The van der Waals surface area contributed by atoms with Crippen molar-refractivity contribution in [1.29, 1.82) is 0 Å². The molecule has 0 aromatic heterocycles. The molecule has 0 amide bonds. The van der Waals surface area contributed by atoms with Gasteiger partial charge in [0.2, 0.25) is 0 Å². The van der Waals surface area contributed by atoms with Gasteiger partial charge in [-0.1, -0.05) is 313 Å². The molecule has 6 nitrogen and oxygen atoms in total. The molecule has 0 spiro atoms. The Balaban J connectivity index is 4.23. The summed E-state index contributed by atoms with van der Waals surface area (Å²) in [4.78, 5) is 38.2. The maximum Gasteiger partial charge on any atom is 0.306 e. The highest BCUT2D eigenvalue weighted by Crippen LogP contribution is 2.18. The van der Waals surface area contributed by atoms with Crippen LogP contribution in [0.1, 0.15) is 342 Å². The Bertz CT molecular complexity index is 1270. The third-order valence-corrected chi connectivity index (χ3v) is 14.3. The van der Waals surface area contributed by atoms with E-state index in [1.165, 1.54) is 205 Å². The Labute approximate surface area is 454 Å². The third kappa shape index (κ3) is 60.1. The molecule has 0 heterocycles. The Hall–Kier alpha value is -2.63. The van der Waals surface area contributed by atoms with Gasteiger partial charge < -0.3 is 14.2 Å². The first-order chi connectivity index (χ1) is 36.0. The maximum absolute atomic E-state index is 12.9. The lowest BCUT2D eigenvalue weighted by molar-refractivity contribution is -0.167. The van der Waals surface area contributed by atoms with Gasteiger partial charge in [-0.15, -0.1) is 0 Å². The lowest BCUT2D eigenvalue weighted by atomic mass is 10.0. The molecule has 0 aliphatic carbocycles. The zero-order chi connectivity index (χ0) is 52.9. The van der Waals surface area contributed by atoms with Crippen molar-refractivity contribution in [3.8, 4) is 0 Å². The van der Waals surface area contributed by atoms with Crippen molar-refractivity contribution in [1.82, 2.24) is 0 Å². The van der Waals surface area contributed by atoms with Gasteiger partial charge in [-0.2, -0.15) is 0 Å². The zero-order valence-electron chi connectivity index (χ0n) is 48.9. The van der Waals surface area contributed by atoms with Crippen molar-refractivity contribution in [2.75, 3.05) is 13.2 Å². The monoisotopic (exact) mass is 1020 g/mol. The molecule has 0 N–H and O–H groups in total. The largest absolute Gasteiger partial charge is 0.462 e. The van der Waals surface area contributed by atoms with E-state index in [0.29, 0.717) is 19.3 Å². The fourth-order valence-corrected chi connectivity index (χ4v) is 9.56. The molecule has 6 heteroatoms. The number of carbonyl (C=O) groups excluding carboxylic acids is 3. The number of hydrogen-bond acceptors (Lipinski definition) is 6. The van der Waals surface area contributed by atoms with E-state index in [1.807, 2.05) is 0 Å². The van der Waals surface area contributed by atoms with Crippen LogP contribution in [0.4, 0.5) is 0 Å². The SMILES string of the molecule is CC/C=C\C/C=C\C/C=C\C/C=C\CCCCCCC(=O)OC(COC(=O)CCCCCCCCCCCCCC)COC(=O)CCCCCCCCCCCCCCCCCCCCCCCCCCCC. The molecule has 0 bridgehead atoms. The van der Waals surface area contributed by atoms with Gasteiger partial charge in [-0.05, 0) is 57.8 Å².